The molecule has 4 nitrogen and oxygen atoms in total. The van der Waals surface area contributed by atoms with Gasteiger partial charge < -0.3 is 15.2 Å². The highest BCUT2D eigenvalue weighted by atomic mass is 35.5. The van der Waals surface area contributed by atoms with Crippen molar-refractivity contribution in [3.05, 3.63) is 47.0 Å². The van der Waals surface area contributed by atoms with Crippen LogP contribution >= 0.6 is 11.6 Å². The van der Waals surface area contributed by atoms with Crippen LogP contribution in [0.2, 0.25) is 5.02 Å². The fourth-order valence-electron chi connectivity index (χ4n) is 1.62. The molecular weight excluding hydrogens is 264 g/mol. The molecule has 0 spiro atoms. The average molecular weight is 279 g/mol. The van der Waals surface area contributed by atoms with Crippen molar-refractivity contribution in [2.75, 3.05) is 7.11 Å². The molecule has 0 saturated carbocycles. The Labute approximate surface area is 117 Å². The van der Waals surface area contributed by atoms with Crippen LogP contribution in [0.1, 0.15) is 18.5 Å². The van der Waals surface area contributed by atoms with E-state index in [1.807, 2.05) is 13.0 Å². The summed E-state index contributed by atoms with van der Waals surface area (Å²) in [6, 6.07) is 10.5. The van der Waals surface area contributed by atoms with E-state index in [9.17, 15) is 0 Å². The zero-order valence-corrected chi connectivity index (χ0v) is 11.5. The van der Waals surface area contributed by atoms with Crippen LogP contribution in [0.25, 0.3) is 0 Å². The van der Waals surface area contributed by atoms with Crippen LogP contribution in [0.15, 0.2) is 36.4 Å². The number of benzene rings is 1. The molecule has 0 aliphatic heterocycles. The Morgan fingerprint density at radius 1 is 1.16 bits per heavy atom. The summed E-state index contributed by atoms with van der Waals surface area (Å²) >= 11 is 5.81. The molecule has 1 atom stereocenters. The number of pyridine rings is 1. The lowest BCUT2D eigenvalue weighted by molar-refractivity contribution is 0.376. The third-order valence-electron chi connectivity index (χ3n) is 2.58. The Morgan fingerprint density at radius 3 is 2.42 bits per heavy atom. The second kappa shape index (κ2) is 5.91. The number of rotatable bonds is 4. The average Bonchev–Trinajstić information content (AvgIpc) is 2.41. The summed E-state index contributed by atoms with van der Waals surface area (Å²) in [5, 5.41) is 0.658. The van der Waals surface area contributed by atoms with Crippen molar-refractivity contribution >= 4 is 11.6 Å². The molecule has 19 heavy (non-hydrogen) atoms. The Kier molecular flexibility index (Phi) is 4.24. The minimum Gasteiger partial charge on any atom is -0.481 e. The third-order valence-corrected chi connectivity index (χ3v) is 2.84. The monoisotopic (exact) mass is 278 g/mol. The van der Waals surface area contributed by atoms with Gasteiger partial charge in [0.05, 0.1) is 7.11 Å². The molecule has 5 heteroatoms. The van der Waals surface area contributed by atoms with Crippen molar-refractivity contribution in [3.8, 4) is 17.5 Å². The van der Waals surface area contributed by atoms with Gasteiger partial charge in [0, 0.05) is 22.7 Å². The maximum atomic E-state index is 5.83. The fraction of sp³-hybridized carbons (Fsp3) is 0.214. The lowest BCUT2D eigenvalue weighted by Crippen LogP contribution is -2.08. The van der Waals surface area contributed by atoms with Gasteiger partial charge in [-0.05, 0) is 37.3 Å². The molecule has 2 N–H and O–H groups in total. The predicted octanol–water partition coefficient (Wildman–Crippen LogP) is 3.56. The molecule has 0 unspecified atom stereocenters. The fourth-order valence-corrected chi connectivity index (χ4v) is 1.75. The molecule has 0 radical (unpaired) electrons. The molecule has 1 aromatic carbocycles. The summed E-state index contributed by atoms with van der Waals surface area (Å²) in [7, 11) is 1.56. The number of hydrogen-bond donors (Lipinski definition) is 1. The molecule has 0 aliphatic carbocycles. The lowest BCUT2D eigenvalue weighted by Gasteiger charge is -2.12. The molecule has 2 aromatic rings. The van der Waals surface area contributed by atoms with E-state index < -0.39 is 0 Å². The number of nitrogens with two attached hydrogens (primary N) is 1. The first-order valence-electron chi connectivity index (χ1n) is 5.84. The van der Waals surface area contributed by atoms with Gasteiger partial charge in [-0.15, -0.1) is 0 Å². The maximum absolute atomic E-state index is 5.83. The first kappa shape index (κ1) is 13.6. The van der Waals surface area contributed by atoms with Gasteiger partial charge in [-0.25, -0.2) is 0 Å². The highest BCUT2D eigenvalue weighted by Crippen LogP contribution is 2.27. The summed E-state index contributed by atoms with van der Waals surface area (Å²) in [6.07, 6.45) is 0. The number of ether oxygens (including phenoxy) is 2. The molecule has 0 aliphatic rings. The van der Waals surface area contributed by atoms with Crippen LogP contribution in [-0.2, 0) is 0 Å². The van der Waals surface area contributed by atoms with Crippen molar-refractivity contribution in [1.82, 2.24) is 4.98 Å². The van der Waals surface area contributed by atoms with E-state index in [1.165, 1.54) is 0 Å². The van der Waals surface area contributed by atoms with E-state index in [0.29, 0.717) is 22.5 Å². The van der Waals surface area contributed by atoms with E-state index in [4.69, 9.17) is 26.8 Å². The second-order valence-electron chi connectivity index (χ2n) is 4.09. The van der Waals surface area contributed by atoms with E-state index in [2.05, 4.69) is 4.98 Å². The smallest absolute Gasteiger partial charge is 0.222 e. The van der Waals surface area contributed by atoms with Crippen LogP contribution in [-0.4, -0.2) is 12.1 Å². The van der Waals surface area contributed by atoms with Gasteiger partial charge in [0.1, 0.15) is 5.75 Å². The maximum Gasteiger partial charge on any atom is 0.222 e. The van der Waals surface area contributed by atoms with Crippen molar-refractivity contribution in [3.63, 3.8) is 0 Å². The zero-order chi connectivity index (χ0) is 13.8. The summed E-state index contributed by atoms with van der Waals surface area (Å²) in [5.41, 5.74) is 6.67. The van der Waals surface area contributed by atoms with Crippen molar-refractivity contribution in [2.24, 2.45) is 5.73 Å². The molecular formula is C14H15ClN2O2. The molecule has 2 rings (SSSR count). The number of nitrogens with zero attached hydrogens (tertiary/aromatic N) is 1. The van der Waals surface area contributed by atoms with Gasteiger partial charge in [-0.1, -0.05) is 11.6 Å². The topological polar surface area (TPSA) is 57.4 Å². The van der Waals surface area contributed by atoms with Gasteiger partial charge in [-0.3, -0.25) is 0 Å². The Hall–Kier alpha value is -1.78. The third kappa shape index (κ3) is 3.36. The highest BCUT2D eigenvalue weighted by molar-refractivity contribution is 6.30. The van der Waals surface area contributed by atoms with Crippen molar-refractivity contribution < 1.29 is 9.47 Å². The first-order chi connectivity index (χ1) is 9.10. The normalized spacial score (nSPS) is 12.0. The summed E-state index contributed by atoms with van der Waals surface area (Å²) in [4.78, 5) is 4.27. The molecule has 1 aromatic heterocycles. The highest BCUT2D eigenvalue weighted by Gasteiger charge is 2.11. The Morgan fingerprint density at radius 2 is 1.84 bits per heavy atom. The standard InChI is InChI=1S/C14H15ClN2O2/c1-9(16)12-7-8-13(17-14(12)18-2)19-11-5-3-10(15)4-6-11/h3-9H,16H2,1-2H3/t9-/m0/s1. The molecule has 0 fully saturated rings. The van der Waals surface area contributed by atoms with Crippen LogP contribution in [0.4, 0.5) is 0 Å². The van der Waals surface area contributed by atoms with E-state index in [-0.39, 0.29) is 6.04 Å². The quantitative estimate of drug-likeness (QED) is 0.929. The van der Waals surface area contributed by atoms with Crippen molar-refractivity contribution in [1.29, 1.82) is 0 Å². The molecule has 0 saturated heterocycles. The summed E-state index contributed by atoms with van der Waals surface area (Å²) in [6.45, 7) is 1.87. The largest absolute Gasteiger partial charge is 0.481 e. The Balaban J connectivity index is 2.24. The molecule has 1 heterocycles. The van der Waals surface area contributed by atoms with Crippen LogP contribution < -0.4 is 15.2 Å². The van der Waals surface area contributed by atoms with E-state index >= 15 is 0 Å². The van der Waals surface area contributed by atoms with Gasteiger partial charge in [0.25, 0.3) is 0 Å². The number of halogens is 1. The van der Waals surface area contributed by atoms with E-state index in [1.54, 1.807) is 37.4 Å². The van der Waals surface area contributed by atoms with Crippen LogP contribution in [0.5, 0.6) is 17.5 Å². The Bertz CT molecular complexity index is 556. The second-order valence-corrected chi connectivity index (χ2v) is 4.53. The SMILES string of the molecule is COc1nc(Oc2ccc(Cl)cc2)ccc1[C@H](C)N. The van der Waals surface area contributed by atoms with Gasteiger partial charge in [0.15, 0.2) is 0 Å². The van der Waals surface area contributed by atoms with Gasteiger partial charge in [0.2, 0.25) is 11.8 Å². The minimum atomic E-state index is -0.146. The predicted molar refractivity (Wildman–Crippen MR) is 74.9 cm³/mol. The number of aromatic nitrogens is 1. The van der Waals surface area contributed by atoms with Crippen molar-refractivity contribution in [2.45, 2.75) is 13.0 Å². The zero-order valence-electron chi connectivity index (χ0n) is 10.8. The first-order valence-corrected chi connectivity index (χ1v) is 6.22. The van der Waals surface area contributed by atoms with Gasteiger partial charge >= 0.3 is 0 Å². The van der Waals surface area contributed by atoms with E-state index in [0.717, 1.165) is 5.56 Å². The van der Waals surface area contributed by atoms with Gasteiger partial charge in [-0.2, -0.15) is 4.98 Å². The number of hydrogen-bond acceptors (Lipinski definition) is 4. The molecule has 0 amide bonds. The summed E-state index contributed by atoms with van der Waals surface area (Å²) in [5.74, 6) is 1.58. The lowest BCUT2D eigenvalue weighted by atomic mass is 10.1. The van der Waals surface area contributed by atoms with Crippen LogP contribution in [0, 0.1) is 0 Å². The molecule has 0 bridgehead atoms. The number of methoxy groups -OCH3 is 1. The minimum absolute atomic E-state index is 0.146. The van der Waals surface area contributed by atoms with Crippen LogP contribution in [0.3, 0.4) is 0 Å². The molecule has 100 valence electrons. The summed E-state index contributed by atoms with van der Waals surface area (Å²) < 4.78 is 10.8.